The molecule has 1 aromatic heterocycles. The van der Waals surface area contributed by atoms with Crippen molar-refractivity contribution in [3.8, 4) is 0 Å². The summed E-state index contributed by atoms with van der Waals surface area (Å²) in [7, 11) is -1.98. The topological polar surface area (TPSA) is 113 Å². The van der Waals surface area contributed by atoms with Crippen molar-refractivity contribution in [2.75, 3.05) is 34.8 Å². The third kappa shape index (κ3) is 7.37. The van der Waals surface area contributed by atoms with Gasteiger partial charge in [-0.15, -0.1) is 11.8 Å². The van der Waals surface area contributed by atoms with Gasteiger partial charge in [-0.1, -0.05) is 12.1 Å². The fourth-order valence-corrected chi connectivity index (χ4v) is 4.89. The summed E-state index contributed by atoms with van der Waals surface area (Å²) in [5.41, 5.74) is 5.30. The molecule has 1 heterocycles. The van der Waals surface area contributed by atoms with E-state index in [1.54, 1.807) is 24.8 Å². The first-order chi connectivity index (χ1) is 17.0. The second-order valence-corrected chi connectivity index (χ2v) is 12.3. The number of hydrogen-bond acceptors (Lipinski definition) is 8. The zero-order chi connectivity index (χ0) is 26.5. The van der Waals surface area contributed by atoms with Gasteiger partial charge in [-0.2, -0.15) is 0 Å². The van der Waals surface area contributed by atoms with Crippen LogP contribution in [-0.2, 0) is 14.9 Å². The van der Waals surface area contributed by atoms with E-state index in [2.05, 4.69) is 21.1 Å². The molecule has 0 bridgehead atoms. The highest BCUT2D eigenvalue weighted by Gasteiger charge is 2.26. The number of nitrogens with one attached hydrogen (secondary N) is 3. The lowest BCUT2D eigenvalue weighted by Gasteiger charge is -2.23. The number of benzene rings is 1. The molecule has 1 amide bonds. The number of carbonyl (C=O) groups excluding carboxylic acids is 1. The van der Waals surface area contributed by atoms with Gasteiger partial charge < -0.3 is 10.6 Å². The Hall–Kier alpha value is -2.76. The molecule has 9 nitrogen and oxygen atoms in total. The molecule has 1 aromatic carbocycles. The Morgan fingerprint density at radius 1 is 1.31 bits per heavy atom. The predicted octanol–water partition coefficient (Wildman–Crippen LogP) is 5.19. The average Bonchev–Trinajstić information content (AvgIpc) is 3.67. The van der Waals surface area contributed by atoms with Gasteiger partial charge in [0.2, 0.25) is 10.0 Å². The van der Waals surface area contributed by atoms with Crippen molar-refractivity contribution < 1.29 is 18.0 Å². The molecule has 1 saturated carbocycles. The molecule has 3 N–H and O–H groups in total. The van der Waals surface area contributed by atoms with E-state index in [4.69, 9.17) is 4.84 Å². The fourth-order valence-electron chi connectivity index (χ4n) is 3.51. The number of allylic oxidation sites excluding steroid dienone is 2. The first-order valence-corrected chi connectivity index (χ1v) is 14.6. The second-order valence-electron chi connectivity index (χ2n) is 8.69. The number of hydroxylamine groups is 1. The lowest BCUT2D eigenvalue weighted by molar-refractivity contribution is 0.0365. The Bertz CT molecular complexity index is 1230. The largest absolute Gasteiger partial charge is 0.358 e. The molecule has 0 aliphatic heterocycles. The van der Waals surface area contributed by atoms with Gasteiger partial charge in [-0.25, -0.2) is 18.9 Å². The smallest absolute Gasteiger partial charge is 0.278 e. The molecular weight excluding hydrogens is 498 g/mol. The van der Waals surface area contributed by atoms with Gasteiger partial charge in [-0.3, -0.25) is 13.9 Å². The first-order valence-electron chi connectivity index (χ1n) is 11.9. The Balaban J connectivity index is 2.00. The van der Waals surface area contributed by atoms with Crippen molar-refractivity contribution in [2.24, 2.45) is 0 Å². The molecule has 3 rings (SSSR count). The van der Waals surface area contributed by atoms with Crippen LogP contribution in [-0.4, -0.2) is 44.6 Å². The third-order valence-corrected chi connectivity index (χ3v) is 8.03. The fraction of sp³-hybridized carbons (Fsp3) is 0.440. The summed E-state index contributed by atoms with van der Waals surface area (Å²) in [5, 5.41) is 6.66. The van der Waals surface area contributed by atoms with Crippen LogP contribution in [0.2, 0.25) is 0 Å². The van der Waals surface area contributed by atoms with Crippen LogP contribution in [0.5, 0.6) is 0 Å². The van der Waals surface area contributed by atoms with E-state index in [0.29, 0.717) is 35.4 Å². The molecule has 0 saturated heterocycles. The van der Waals surface area contributed by atoms with Crippen LogP contribution in [0, 0.1) is 0 Å². The zero-order valence-corrected chi connectivity index (χ0v) is 23.2. The number of hydrogen-bond donors (Lipinski definition) is 3. The van der Waals surface area contributed by atoms with Crippen LogP contribution < -0.4 is 20.4 Å². The quantitative estimate of drug-likeness (QED) is 0.252. The number of nitrogens with zero attached hydrogens (tertiary/aromatic N) is 2. The summed E-state index contributed by atoms with van der Waals surface area (Å²) >= 11 is 1.66. The van der Waals surface area contributed by atoms with Gasteiger partial charge in [-0.05, 0) is 69.1 Å². The summed E-state index contributed by atoms with van der Waals surface area (Å²) in [6, 6.07) is 7.50. The minimum absolute atomic E-state index is 0.0365. The summed E-state index contributed by atoms with van der Waals surface area (Å²) in [6.07, 6.45) is 6.87. The maximum absolute atomic E-state index is 12.8. The highest BCUT2D eigenvalue weighted by molar-refractivity contribution is 8.03. The molecule has 1 aliphatic rings. The number of anilines is 4. The number of pyridine rings is 1. The first kappa shape index (κ1) is 27.8. The molecule has 0 spiro atoms. The van der Waals surface area contributed by atoms with E-state index < -0.39 is 15.9 Å². The van der Waals surface area contributed by atoms with Crippen molar-refractivity contribution in [1.82, 2.24) is 10.5 Å². The molecule has 1 aliphatic carbocycles. The molecular formula is C25H35N5O4S2. The number of amides is 1. The zero-order valence-electron chi connectivity index (χ0n) is 21.6. The molecule has 36 heavy (non-hydrogen) atoms. The van der Waals surface area contributed by atoms with E-state index in [1.807, 2.05) is 45.0 Å². The number of sulfonamides is 1. The third-order valence-electron chi connectivity index (χ3n) is 5.75. The highest BCUT2D eigenvalue weighted by atomic mass is 32.2. The minimum Gasteiger partial charge on any atom is -0.358 e. The maximum Gasteiger partial charge on any atom is 0.278 e. The molecule has 196 valence electrons. The second kappa shape index (κ2) is 12.0. The molecule has 2 aromatic rings. The van der Waals surface area contributed by atoms with Crippen molar-refractivity contribution in [3.63, 3.8) is 0 Å². The molecule has 1 atom stereocenters. The highest BCUT2D eigenvalue weighted by Crippen LogP contribution is 2.43. The van der Waals surface area contributed by atoms with Crippen molar-refractivity contribution in [3.05, 3.63) is 52.6 Å². The number of rotatable bonds is 12. The van der Waals surface area contributed by atoms with E-state index >= 15 is 0 Å². The Morgan fingerprint density at radius 2 is 2.03 bits per heavy atom. The van der Waals surface area contributed by atoms with Crippen molar-refractivity contribution >= 4 is 50.6 Å². The van der Waals surface area contributed by atoms with Crippen molar-refractivity contribution in [1.29, 1.82) is 0 Å². The molecule has 11 heteroatoms. The summed E-state index contributed by atoms with van der Waals surface area (Å²) in [5.74, 6) is 0.565. The monoisotopic (exact) mass is 533 g/mol. The molecule has 1 unspecified atom stereocenters. The normalized spacial score (nSPS) is 14.8. The van der Waals surface area contributed by atoms with E-state index in [-0.39, 0.29) is 10.9 Å². The van der Waals surface area contributed by atoms with Crippen LogP contribution in [0.3, 0.4) is 0 Å². The van der Waals surface area contributed by atoms with Gasteiger partial charge in [0.05, 0.1) is 40.9 Å². The summed E-state index contributed by atoms with van der Waals surface area (Å²) in [6.45, 7) is 8.13. The van der Waals surface area contributed by atoms with E-state index in [9.17, 15) is 13.2 Å². The summed E-state index contributed by atoms with van der Waals surface area (Å²) in [4.78, 5) is 23.5. The van der Waals surface area contributed by atoms with Gasteiger partial charge >= 0.3 is 0 Å². The van der Waals surface area contributed by atoms with E-state index in [1.165, 1.54) is 28.7 Å². The van der Waals surface area contributed by atoms with Crippen LogP contribution in [0.15, 0.2) is 41.4 Å². The van der Waals surface area contributed by atoms with Gasteiger partial charge in [0.15, 0.2) is 0 Å². The predicted molar refractivity (Wildman–Crippen MR) is 148 cm³/mol. The molecule has 1 fully saturated rings. The Morgan fingerprint density at radius 3 is 2.64 bits per heavy atom. The number of thioether (sulfide) groups is 1. The standard InChI is InChI=1S/C25H35N5O4S2/c1-7-16(3)35-17(4)27-24-14-22(20(15-26-24)25(31)29-34-8-2)28-21-12-11-19(18-9-10-18)13-23(21)30(5)36(6,32)33/h7,11-15,17-18H,8-10H2,1-6H3,(H,29,31)(H2,26,27,28)/b16-7-. The van der Waals surface area contributed by atoms with Gasteiger partial charge in [0.1, 0.15) is 5.82 Å². The van der Waals surface area contributed by atoms with Crippen molar-refractivity contribution in [2.45, 2.75) is 51.8 Å². The van der Waals surface area contributed by atoms with Crippen LogP contribution >= 0.6 is 11.8 Å². The lowest BCUT2D eigenvalue weighted by atomic mass is 10.1. The van der Waals surface area contributed by atoms with Gasteiger partial charge in [0.25, 0.3) is 5.91 Å². The number of carbonyl (C=O) groups is 1. The minimum atomic E-state index is -3.51. The van der Waals surface area contributed by atoms with E-state index in [0.717, 1.165) is 18.4 Å². The van der Waals surface area contributed by atoms with Crippen LogP contribution in [0.25, 0.3) is 0 Å². The molecule has 0 radical (unpaired) electrons. The average molecular weight is 534 g/mol. The van der Waals surface area contributed by atoms with Crippen LogP contribution in [0.1, 0.15) is 62.4 Å². The van der Waals surface area contributed by atoms with Gasteiger partial charge in [0, 0.05) is 19.3 Å². The summed E-state index contributed by atoms with van der Waals surface area (Å²) < 4.78 is 26.1. The Kier molecular flexibility index (Phi) is 9.26. The Labute approximate surface area is 218 Å². The number of aromatic nitrogens is 1. The maximum atomic E-state index is 12.8. The lowest BCUT2D eigenvalue weighted by Crippen LogP contribution is -2.26. The SMILES string of the molecule is C/C=C(/C)SC(C)Nc1cc(Nc2ccc(C3CC3)cc2N(C)S(C)(=O)=O)c(C(=O)NOCC)cn1. The van der Waals surface area contributed by atoms with Crippen LogP contribution in [0.4, 0.5) is 22.9 Å².